The monoisotopic (exact) mass is 286 g/mol. The molecule has 2 rings (SSSR count). The van der Waals surface area contributed by atoms with Crippen molar-refractivity contribution in [1.29, 1.82) is 0 Å². The number of methoxy groups -OCH3 is 1. The highest BCUT2D eigenvalue weighted by Crippen LogP contribution is 2.14. The standard InChI is InChI=1S/C16H18N2OS/c1-19-15-4-2-3-12(11-15)9-10-18-14-7-5-13(6-8-14)16(17)20/h2-8,11,18H,9-10H2,1H3,(H2,17,20). The highest BCUT2D eigenvalue weighted by atomic mass is 32.1. The molecule has 2 aromatic carbocycles. The van der Waals surface area contributed by atoms with Crippen LogP contribution in [0.4, 0.5) is 5.69 Å². The van der Waals surface area contributed by atoms with Gasteiger partial charge in [-0.25, -0.2) is 0 Å². The van der Waals surface area contributed by atoms with Gasteiger partial charge in [0.25, 0.3) is 0 Å². The Morgan fingerprint density at radius 1 is 1.20 bits per heavy atom. The summed E-state index contributed by atoms with van der Waals surface area (Å²) in [5.41, 5.74) is 8.76. The molecule has 0 unspecified atom stereocenters. The third kappa shape index (κ3) is 3.96. The molecule has 0 heterocycles. The van der Waals surface area contributed by atoms with Crippen molar-refractivity contribution in [1.82, 2.24) is 0 Å². The largest absolute Gasteiger partial charge is 0.497 e. The number of hydrogen-bond donors (Lipinski definition) is 2. The minimum absolute atomic E-state index is 0.424. The van der Waals surface area contributed by atoms with Crippen LogP contribution in [0.5, 0.6) is 5.75 Å². The Morgan fingerprint density at radius 3 is 2.60 bits per heavy atom. The zero-order valence-electron chi connectivity index (χ0n) is 11.4. The molecule has 3 nitrogen and oxygen atoms in total. The Hall–Kier alpha value is -2.07. The molecule has 0 aliphatic carbocycles. The molecule has 0 spiro atoms. The fourth-order valence-electron chi connectivity index (χ4n) is 1.93. The van der Waals surface area contributed by atoms with Gasteiger partial charge in [-0.05, 0) is 48.4 Å². The Bertz CT molecular complexity index is 581. The summed E-state index contributed by atoms with van der Waals surface area (Å²) in [4.78, 5) is 0.424. The van der Waals surface area contributed by atoms with Crippen LogP contribution in [-0.2, 0) is 6.42 Å². The summed E-state index contributed by atoms with van der Waals surface area (Å²) in [6.07, 6.45) is 0.939. The maximum atomic E-state index is 5.57. The zero-order valence-corrected chi connectivity index (χ0v) is 12.2. The van der Waals surface area contributed by atoms with Crippen molar-refractivity contribution in [2.45, 2.75) is 6.42 Å². The van der Waals surface area contributed by atoms with Gasteiger partial charge >= 0.3 is 0 Å². The van der Waals surface area contributed by atoms with Crippen LogP contribution in [0.2, 0.25) is 0 Å². The first kappa shape index (κ1) is 14.3. The van der Waals surface area contributed by atoms with Gasteiger partial charge in [0.2, 0.25) is 0 Å². The summed E-state index contributed by atoms with van der Waals surface area (Å²) in [5.74, 6) is 0.892. The normalized spacial score (nSPS) is 10.1. The molecule has 0 saturated heterocycles. The SMILES string of the molecule is COc1cccc(CCNc2ccc(C(N)=S)cc2)c1. The third-order valence-corrected chi connectivity index (χ3v) is 3.28. The molecule has 2 aromatic rings. The summed E-state index contributed by atoms with van der Waals surface area (Å²) >= 11 is 4.93. The number of anilines is 1. The summed E-state index contributed by atoms with van der Waals surface area (Å²) in [7, 11) is 1.68. The predicted octanol–water partition coefficient (Wildman–Crippen LogP) is 2.98. The molecule has 0 atom stereocenters. The Kier molecular flexibility index (Phi) is 4.96. The molecule has 0 radical (unpaired) electrons. The van der Waals surface area contributed by atoms with E-state index in [-0.39, 0.29) is 0 Å². The van der Waals surface area contributed by atoms with E-state index in [0.29, 0.717) is 4.99 Å². The molecule has 0 aliphatic heterocycles. The smallest absolute Gasteiger partial charge is 0.119 e. The number of thiocarbonyl (C=S) groups is 1. The summed E-state index contributed by atoms with van der Waals surface area (Å²) in [6, 6.07) is 15.9. The summed E-state index contributed by atoms with van der Waals surface area (Å²) < 4.78 is 5.21. The van der Waals surface area contributed by atoms with Crippen LogP contribution < -0.4 is 15.8 Å². The van der Waals surface area contributed by atoms with E-state index in [4.69, 9.17) is 22.7 Å². The number of rotatable bonds is 6. The lowest BCUT2D eigenvalue weighted by molar-refractivity contribution is 0.414. The zero-order chi connectivity index (χ0) is 14.4. The molecule has 0 fully saturated rings. The van der Waals surface area contributed by atoms with E-state index in [0.717, 1.165) is 30.0 Å². The number of ether oxygens (including phenoxy) is 1. The van der Waals surface area contributed by atoms with Gasteiger partial charge in [-0.15, -0.1) is 0 Å². The Labute approximate surface area is 124 Å². The van der Waals surface area contributed by atoms with Crippen molar-refractivity contribution >= 4 is 22.9 Å². The third-order valence-electron chi connectivity index (χ3n) is 3.05. The molecule has 104 valence electrons. The second kappa shape index (κ2) is 6.91. The van der Waals surface area contributed by atoms with E-state index in [1.807, 2.05) is 36.4 Å². The van der Waals surface area contributed by atoms with Gasteiger partial charge in [0, 0.05) is 17.8 Å². The molecule has 4 heteroatoms. The van der Waals surface area contributed by atoms with E-state index < -0.39 is 0 Å². The Morgan fingerprint density at radius 2 is 1.95 bits per heavy atom. The van der Waals surface area contributed by atoms with E-state index >= 15 is 0 Å². The first-order valence-electron chi connectivity index (χ1n) is 6.46. The first-order valence-corrected chi connectivity index (χ1v) is 6.86. The lowest BCUT2D eigenvalue weighted by Crippen LogP contribution is -2.09. The van der Waals surface area contributed by atoms with E-state index in [1.165, 1.54) is 5.56 Å². The van der Waals surface area contributed by atoms with Gasteiger partial charge in [0.1, 0.15) is 10.7 Å². The van der Waals surface area contributed by atoms with Crippen molar-refractivity contribution in [3.8, 4) is 5.75 Å². The average molecular weight is 286 g/mol. The highest BCUT2D eigenvalue weighted by molar-refractivity contribution is 7.80. The van der Waals surface area contributed by atoms with E-state index in [9.17, 15) is 0 Å². The van der Waals surface area contributed by atoms with E-state index in [1.54, 1.807) is 7.11 Å². The van der Waals surface area contributed by atoms with Crippen LogP contribution in [0.1, 0.15) is 11.1 Å². The van der Waals surface area contributed by atoms with Crippen molar-refractivity contribution in [2.75, 3.05) is 19.0 Å². The molecule has 0 amide bonds. The first-order chi connectivity index (χ1) is 9.69. The second-order valence-corrected chi connectivity index (χ2v) is 4.91. The van der Waals surface area contributed by atoms with Gasteiger partial charge < -0.3 is 15.8 Å². The second-order valence-electron chi connectivity index (χ2n) is 4.47. The number of nitrogens with one attached hydrogen (secondary N) is 1. The van der Waals surface area contributed by atoms with E-state index in [2.05, 4.69) is 17.4 Å². The minimum atomic E-state index is 0.424. The topological polar surface area (TPSA) is 47.3 Å². The predicted molar refractivity (Wildman–Crippen MR) is 87.5 cm³/mol. The summed E-state index contributed by atoms with van der Waals surface area (Å²) in [5, 5.41) is 3.37. The fourth-order valence-corrected chi connectivity index (χ4v) is 2.07. The lowest BCUT2D eigenvalue weighted by atomic mass is 10.1. The maximum Gasteiger partial charge on any atom is 0.119 e. The van der Waals surface area contributed by atoms with Crippen LogP contribution in [0.25, 0.3) is 0 Å². The quantitative estimate of drug-likeness (QED) is 0.802. The minimum Gasteiger partial charge on any atom is -0.497 e. The van der Waals surface area contributed by atoms with Crippen molar-refractivity contribution in [3.05, 3.63) is 59.7 Å². The van der Waals surface area contributed by atoms with Gasteiger partial charge in [0.15, 0.2) is 0 Å². The maximum absolute atomic E-state index is 5.57. The van der Waals surface area contributed by atoms with Gasteiger partial charge in [-0.3, -0.25) is 0 Å². The molecule has 3 N–H and O–H groups in total. The van der Waals surface area contributed by atoms with Crippen LogP contribution in [0.15, 0.2) is 48.5 Å². The fraction of sp³-hybridized carbons (Fsp3) is 0.188. The average Bonchev–Trinajstić information content (AvgIpc) is 2.48. The lowest BCUT2D eigenvalue weighted by Gasteiger charge is -2.08. The molecular formula is C16H18N2OS. The van der Waals surface area contributed by atoms with Crippen LogP contribution in [0.3, 0.4) is 0 Å². The van der Waals surface area contributed by atoms with Crippen LogP contribution >= 0.6 is 12.2 Å². The van der Waals surface area contributed by atoms with Gasteiger partial charge in [-0.2, -0.15) is 0 Å². The molecule has 20 heavy (non-hydrogen) atoms. The molecule has 0 saturated carbocycles. The van der Waals surface area contributed by atoms with Crippen molar-refractivity contribution in [3.63, 3.8) is 0 Å². The number of hydrogen-bond acceptors (Lipinski definition) is 3. The highest BCUT2D eigenvalue weighted by Gasteiger charge is 1.98. The van der Waals surface area contributed by atoms with Gasteiger partial charge in [-0.1, -0.05) is 24.4 Å². The molecular weight excluding hydrogens is 268 g/mol. The van der Waals surface area contributed by atoms with Crippen LogP contribution in [-0.4, -0.2) is 18.6 Å². The molecule has 0 bridgehead atoms. The Balaban J connectivity index is 1.87. The van der Waals surface area contributed by atoms with Crippen LogP contribution in [0, 0.1) is 0 Å². The van der Waals surface area contributed by atoms with Gasteiger partial charge in [0.05, 0.1) is 7.11 Å². The summed E-state index contributed by atoms with van der Waals surface area (Å²) in [6.45, 7) is 0.861. The number of benzene rings is 2. The van der Waals surface area contributed by atoms with Crippen molar-refractivity contribution in [2.24, 2.45) is 5.73 Å². The molecule has 0 aliphatic rings. The molecule has 0 aromatic heterocycles. The van der Waals surface area contributed by atoms with Crippen molar-refractivity contribution < 1.29 is 4.74 Å². The number of nitrogens with two attached hydrogens (primary N) is 1.